The standard InChI is InChI=1S/C29H33N5O3/c1-32-26-10-8-24(33-19-29(20-33)11-13-37-14-12-29)16-23(26)7-9-25(27(32)35)31-28(36)34-18-22(17-30-34)15-21-5-3-2-4-6-21/h2-6,8,10,16-18,25H,7,9,11-15,19-20H2,1H3,(H,31,36)/t25-/m1/s1. The molecule has 37 heavy (non-hydrogen) atoms. The molecule has 3 aliphatic heterocycles. The van der Waals surface area contributed by atoms with Crippen LogP contribution in [-0.4, -0.2) is 61.1 Å². The molecule has 4 heterocycles. The van der Waals surface area contributed by atoms with Crippen LogP contribution in [0.25, 0.3) is 0 Å². The quantitative estimate of drug-likeness (QED) is 0.593. The Morgan fingerprint density at radius 2 is 1.89 bits per heavy atom. The van der Waals surface area contributed by atoms with E-state index in [0.29, 0.717) is 18.3 Å². The number of ether oxygens (including phenoxy) is 1. The van der Waals surface area contributed by atoms with Crippen LogP contribution < -0.4 is 15.1 Å². The molecule has 1 spiro atoms. The van der Waals surface area contributed by atoms with Crippen LogP contribution >= 0.6 is 0 Å². The van der Waals surface area contributed by atoms with Crippen molar-refractivity contribution in [2.75, 3.05) is 43.2 Å². The van der Waals surface area contributed by atoms with E-state index in [1.54, 1.807) is 24.3 Å². The molecule has 8 heteroatoms. The van der Waals surface area contributed by atoms with Crippen LogP contribution in [-0.2, 0) is 22.4 Å². The minimum Gasteiger partial charge on any atom is -0.381 e. The van der Waals surface area contributed by atoms with E-state index in [4.69, 9.17) is 4.74 Å². The van der Waals surface area contributed by atoms with Gasteiger partial charge in [-0.2, -0.15) is 9.78 Å². The molecular formula is C29H33N5O3. The van der Waals surface area contributed by atoms with E-state index in [1.807, 2.05) is 36.4 Å². The number of likely N-dealkylation sites (N-methyl/N-ethyl adjacent to an activating group) is 1. The van der Waals surface area contributed by atoms with Crippen molar-refractivity contribution in [3.8, 4) is 0 Å². The highest BCUT2D eigenvalue weighted by Crippen LogP contribution is 2.43. The van der Waals surface area contributed by atoms with E-state index in [-0.39, 0.29) is 11.9 Å². The van der Waals surface area contributed by atoms with Crippen molar-refractivity contribution in [2.45, 2.75) is 38.1 Å². The van der Waals surface area contributed by atoms with Crippen molar-refractivity contribution in [3.05, 3.63) is 77.6 Å². The van der Waals surface area contributed by atoms with Crippen LogP contribution in [0.15, 0.2) is 60.9 Å². The van der Waals surface area contributed by atoms with Crippen LogP contribution in [0.1, 0.15) is 36.0 Å². The molecule has 2 fully saturated rings. The number of carbonyl (C=O) groups excluding carboxylic acids is 2. The van der Waals surface area contributed by atoms with Crippen molar-refractivity contribution in [3.63, 3.8) is 0 Å². The molecular weight excluding hydrogens is 466 g/mol. The van der Waals surface area contributed by atoms with Crippen LogP contribution in [0.2, 0.25) is 0 Å². The van der Waals surface area contributed by atoms with E-state index >= 15 is 0 Å². The molecule has 6 rings (SSSR count). The average Bonchev–Trinajstić information content (AvgIpc) is 3.34. The van der Waals surface area contributed by atoms with Gasteiger partial charge in [-0.25, -0.2) is 4.79 Å². The van der Waals surface area contributed by atoms with E-state index < -0.39 is 6.04 Å². The Bertz CT molecular complexity index is 1290. The van der Waals surface area contributed by atoms with Gasteiger partial charge in [-0.3, -0.25) is 4.79 Å². The molecule has 2 saturated heterocycles. The van der Waals surface area contributed by atoms with Crippen molar-refractivity contribution in [1.29, 1.82) is 0 Å². The third-order valence-corrected chi connectivity index (χ3v) is 8.12. The Hall–Kier alpha value is -3.65. The predicted molar refractivity (Wildman–Crippen MR) is 142 cm³/mol. The van der Waals surface area contributed by atoms with Crippen LogP contribution in [0.5, 0.6) is 0 Å². The number of hydrogen-bond donors (Lipinski definition) is 1. The smallest absolute Gasteiger partial charge is 0.342 e. The zero-order valence-electron chi connectivity index (χ0n) is 21.2. The Kier molecular flexibility index (Phi) is 6.20. The van der Waals surface area contributed by atoms with E-state index in [2.05, 4.69) is 27.4 Å². The van der Waals surface area contributed by atoms with Gasteiger partial charge in [-0.1, -0.05) is 30.3 Å². The van der Waals surface area contributed by atoms with Gasteiger partial charge in [0.05, 0.1) is 6.20 Å². The number of rotatable bonds is 4. The van der Waals surface area contributed by atoms with E-state index in [0.717, 1.165) is 67.9 Å². The third kappa shape index (κ3) is 4.73. The molecule has 0 bridgehead atoms. The topological polar surface area (TPSA) is 79.7 Å². The lowest BCUT2D eigenvalue weighted by Gasteiger charge is -2.53. The number of carbonyl (C=O) groups is 2. The minimum absolute atomic E-state index is 0.110. The molecule has 1 N–H and O–H groups in total. The van der Waals surface area contributed by atoms with Gasteiger partial charge >= 0.3 is 6.03 Å². The van der Waals surface area contributed by atoms with Crippen molar-refractivity contribution in [1.82, 2.24) is 15.1 Å². The Labute approximate surface area is 217 Å². The molecule has 0 unspecified atom stereocenters. The summed E-state index contributed by atoms with van der Waals surface area (Å²) in [6.07, 6.45) is 7.66. The van der Waals surface area contributed by atoms with Gasteiger partial charge in [-0.05, 0) is 60.6 Å². The largest absolute Gasteiger partial charge is 0.381 e. The fourth-order valence-corrected chi connectivity index (χ4v) is 5.88. The zero-order chi connectivity index (χ0) is 25.4. The SMILES string of the molecule is CN1C(=O)[C@H](NC(=O)n2cc(Cc3ccccc3)cn2)CCc2cc(N3CC4(CCOCC4)C3)ccc21. The minimum atomic E-state index is -0.607. The molecule has 3 aliphatic rings. The fraction of sp³-hybridized carbons (Fsp3) is 0.414. The maximum absolute atomic E-state index is 13.3. The van der Waals surface area contributed by atoms with Gasteiger partial charge in [0.2, 0.25) is 5.91 Å². The first kappa shape index (κ1) is 23.7. The van der Waals surface area contributed by atoms with Gasteiger partial charge in [0.15, 0.2) is 0 Å². The molecule has 3 aromatic rings. The molecule has 192 valence electrons. The summed E-state index contributed by atoms with van der Waals surface area (Å²) >= 11 is 0. The van der Waals surface area contributed by atoms with Crippen LogP contribution in [0.4, 0.5) is 16.2 Å². The summed E-state index contributed by atoms with van der Waals surface area (Å²) in [4.78, 5) is 30.3. The van der Waals surface area contributed by atoms with E-state index in [9.17, 15) is 9.59 Å². The summed E-state index contributed by atoms with van der Waals surface area (Å²) in [6.45, 7) is 3.87. The Balaban J connectivity index is 1.11. The number of anilines is 2. The molecule has 8 nitrogen and oxygen atoms in total. The summed E-state index contributed by atoms with van der Waals surface area (Å²) in [5.41, 5.74) is 5.76. The second kappa shape index (κ2) is 9.67. The molecule has 0 radical (unpaired) electrons. The highest BCUT2D eigenvalue weighted by molar-refractivity contribution is 6.00. The second-order valence-electron chi connectivity index (χ2n) is 10.7. The number of aromatic nitrogens is 2. The van der Waals surface area contributed by atoms with Gasteiger partial charge < -0.3 is 19.9 Å². The number of nitrogens with one attached hydrogen (secondary N) is 1. The molecule has 0 saturated carbocycles. The summed E-state index contributed by atoms with van der Waals surface area (Å²) in [5.74, 6) is -0.110. The normalized spacial score (nSPS) is 20.8. The number of benzene rings is 2. The number of aryl methyl sites for hydroxylation is 1. The van der Waals surface area contributed by atoms with E-state index in [1.165, 1.54) is 10.4 Å². The van der Waals surface area contributed by atoms with Gasteiger partial charge in [-0.15, -0.1) is 0 Å². The lowest BCUT2D eigenvalue weighted by atomic mass is 9.73. The third-order valence-electron chi connectivity index (χ3n) is 8.12. The van der Waals surface area contributed by atoms with Crippen molar-refractivity contribution >= 4 is 23.3 Å². The first-order valence-electron chi connectivity index (χ1n) is 13.1. The zero-order valence-corrected chi connectivity index (χ0v) is 21.2. The fourth-order valence-electron chi connectivity index (χ4n) is 5.88. The number of hydrogen-bond acceptors (Lipinski definition) is 5. The number of nitrogens with zero attached hydrogens (tertiary/aromatic N) is 4. The molecule has 0 aliphatic carbocycles. The maximum atomic E-state index is 13.3. The van der Waals surface area contributed by atoms with Gasteiger partial charge in [0.1, 0.15) is 6.04 Å². The van der Waals surface area contributed by atoms with Crippen LogP contribution in [0, 0.1) is 5.41 Å². The molecule has 1 aromatic heterocycles. The number of amides is 2. The predicted octanol–water partition coefficient (Wildman–Crippen LogP) is 3.63. The van der Waals surface area contributed by atoms with Gasteiger partial charge in [0, 0.05) is 62.8 Å². The highest BCUT2D eigenvalue weighted by Gasteiger charge is 2.44. The summed E-state index contributed by atoms with van der Waals surface area (Å²) in [7, 11) is 1.79. The summed E-state index contributed by atoms with van der Waals surface area (Å²) in [5, 5.41) is 7.15. The molecule has 2 amide bonds. The van der Waals surface area contributed by atoms with Crippen molar-refractivity contribution < 1.29 is 14.3 Å². The maximum Gasteiger partial charge on any atom is 0.342 e. The van der Waals surface area contributed by atoms with Crippen LogP contribution in [0.3, 0.4) is 0 Å². The van der Waals surface area contributed by atoms with Crippen molar-refractivity contribution in [2.24, 2.45) is 5.41 Å². The second-order valence-corrected chi connectivity index (χ2v) is 10.7. The Morgan fingerprint density at radius 1 is 1.11 bits per heavy atom. The lowest BCUT2D eigenvalue weighted by Crippen LogP contribution is -2.58. The Morgan fingerprint density at radius 3 is 2.68 bits per heavy atom. The highest BCUT2D eigenvalue weighted by atomic mass is 16.5. The first-order valence-corrected chi connectivity index (χ1v) is 13.1. The molecule has 1 atom stereocenters. The number of fused-ring (bicyclic) bond motifs is 1. The first-order chi connectivity index (χ1) is 18.0. The lowest BCUT2D eigenvalue weighted by molar-refractivity contribution is -0.120. The average molecular weight is 500 g/mol. The molecule has 2 aromatic carbocycles. The summed E-state index contributed by atoms with van der Waals surface area (Å²) < 4.78 is 6.84. The summed E-state index contributed by atoms with van der Waals surface area (Å²) in [6, 6.07) is 15.5. The monoisotopic (exact) mass is 499 g/mol. The van der Waals surface area contributed by atoms with Gasteiger partial charge in [0.25, 0.3) is 0 Å².